The Balaban J connectivity index is 1.08. The van der Waals surface area contributed by atoms with E-state index in [2.05, 4.69) is 10.6 Å². The zero-order valence-electron chi connectivity index (χ0n) is 30.0. The van der Waals surface area contributed by atoms with Gasteiger partial charge in [-0.15, -0.1) is 11.8 Å². The maximum absolute atomic E-state index is 13.6. The molecule has 4 heterocycles. The van der Waals surface area contributed by atoms with E-state index < -0.39 is 109 Å². The van der Waals surface area contributed by atoms with E-state index in [9.17, 15) is 47.1 Å². The monoisotopic (exact) mass is 802 g/mol. The molecule has 3 N–H and O–H groups in total. The van der Waals surface area contributed by atoms with E-state index in [0.717, 1.165) is 11.8 Å². The van der Waals surface area contributed by atoms with Gasteiger partial charge in [0.1, 0.15) is 52.6 Å². The number of aromatic hydroxyl groups is 1. The lowest BCUT2D eigenvalue weighted by molar-refractivity contribution is -0.182. The number of β-lactam (4-membered cyclic amide) rings is 2. The van der Waals surface area contributed by atoms with Gasteiger partial charge in [0.05, 0.1) is 6.42 Å². The van der Waals surface area contributed by atoms with Crippen LogP contribution in [0.25, 0.3) is 0 Å². The van der Waals surface area contributed by atoms with Gasteiger partial charge in [0.2, 0.25) is 24.5 Å². The summed E-state index contributed by atoms with van der Waals surface area (Å²) in [7, 11) is -4.18. The van der Waals surface area contributed by atoms with Gasteiger partial charge in [0.25, 0.3) is 0 Å². The summed E-state index contributed by atoms with van der Waals surface area (Å²) >= 11 is 1.20. The van der Waals surface area contributed by atoms with Crippen LogP contribution in [-0.4, -0.2) is 117 Å². The van der Waals surface area contributed by atoms with E-state index in [4.69, 9.17) is 18.9 Å². The highest BCUT2D eigenvalue weighted by molar-refractivity contribution is 8.01. The van der Waals surface area contributed by atoms with Gasteiger partial charge in [-0.25, -0.2) is 22.8 Å². The van der Waals surface area contributed by atoms with Gasteiger partial charge >= 0.3 is 24.0 Å². The number of benzene rings is 2. The highest BCUT2D eigenvalue weighted by Crippen LogP contribution is 2.51. The number of hydrogen-bond acceptors (Lipinski definition) is 15. The molecule has 0 bridgehead atoms. The Hall–Kier alpha value is -5.37. The van der Waals surface area contributed by atoms with Crippen LogP contribution in [0, 0.1) is 0 Å². The van der Waals surface area contributed by atoms with Crippen LogP contribution in [0.5, 0.6) is 5.75 Å². The fourth-order valence-electron chi connectivity index (χ4n) is 7.02. The van der Waals surface area contributed by atoms with Gasteiger partial charge in [-0.05, 0) is 44.0 Å². The van der Waals surface area contributed by atoms with Gasteiger partial charge in [0.15, 0.2) is 15.9 Å². The first-order valence-corrected chi connectivity index (χ1v) is 19.4. The number of alkyl carbamates (subject to hydrolysis) is 1. The summed E-state index contributed by atoms with van der Waals surface area (Å²) in [6, 6.07) is 8.99. The molecule has 2 aromatic carbocycles. The Morgan fingerprint density at radius 1 is 0.909 bits per heavy atom. The number of nitrogens with zero attached hydrogens (tertiary/aromatic N) is 2. The summed E-state index contributed by atoms with van der Waals surface area (Å²) < 4.78 is 44.1. The summed E-state index contributed by atoms with van der Waals surface area (Å²) in [5.41, 5.74) is 0.988. The molecule has 20 heteroatoms. The second-order valence-corrected chi connectivity index (χ2v) is 18.4. The van der Waals surface area contributed by atoms with E-state index >= 15 is 0 Å². The van der Waals surface area contributed by atoms with Crippen molar-refractivity contribution in [3.8, 4) is 5.75 Å². The Kier molecular flexibility index (Phi) is 10.5. The number of phenols is 1. The quantitative estimate of drug-likeness (QED) is 0.115. The molecule has 0 saturated carbocycles. The van der Waals surface area contributed by atoms with Crippen LogP contribution < -0.4 is 10.6 Å². The molecule has 1 unspecified atom stereocenters. The topological polar surface area (TPSA) is 241 Å². The molecule has 4 aliphatic rings. The van der Waals surface area contributed by atoms with E-state index in [1.807, 2.05) is 0 Å². The molecule has 0 radical (unpaired) electrons. The molecule has 55 heavy (non-hydrogen) atoms. The van der Waals surface area contributed by atoms with E-state index in [-0.39, 0.29) is 24.3 Å². The van der Waals surface area contributed by atoms with Crippen molar-refractivity contribution in [2.45, 2.75) is 85.1 Å². The van der Waals surface area contributed by atoms with Crippen LogP contribution in [0.3, 0.4) is 0 Å². The lowest BCUT2D eigenvalue weighted by atomic mass is 9.95. The number of ether oxygens (including phenoxy) is 4. The zero-order valence-corrected chi connectivity index (χ0v) is 31.6. The fourth-order valence-corrected chi connectivity index (χ4v) is 10.9. The summed E-state index contributed by atoms with van der Waals surface area (Å²) in [6.45, 7) is 3.77. The normalized spacial score (nSPS) is 27.3. The molecule has 0 spiro atoms. The third-order valence-electron chi connectivity index (χ3n) is 9.93. The third-order valence-corrected chi connectivity index (χ3v) is 14.2. The van der Waals surface area contributed by atoms with E-state index in [1.165, 1.54) is 47.9 Å². The summed E-state index contributed by atoms with van der Waals surface area (Å²) in [5, 5.41) is 12.9. The minimum Gasteiger partial charge on any atom is -0.508 e. The van der Waals surface area contributed by atoms with Crippen LogP contribution in [-0.2, 0) is 64.2 Å². The van der Waals surface area contributed by atoms with Crippen LogP contribution >= 0.6 is 11.8 Å². The first kappa shape index (κ1) is 39.3. The van der Waals surface area contributed by atoms with Crippen molar-refractivity contribution in [2.75, 3.05) is 13.4 Å². The van der Waals surface area contributed by atoms with Gasteiger partial charge in [0, 0.05) is 11.7 Å². The van der Waals surface area contributed by atoms with Gasteiger partial charge in [-0.1, -0.05) is 42.5 Å². The van der Waals surface area contributed by atoms with Gasteiger partial charge in [-0.2, -0.15) is 0 Å². The SMILES string of the molecule is CC(=O)OC[C@@]1(C)[C@H](C(=O)OCOC(=O)[C@@H]2N3C(=O)[C@@H](NC(=O)C(NC(=O)OCc4ccccc4)c4ccc(O)cc4)[C@H]3SC2(C)C)N2C(=O)C[C@H]2S1(=O)=O. The van der Waals surface area contributed by atoms with Crippen molar-refractivity contribution in [2.24, 2.45) is 0 Å². The number of thioether (sulfide) groups is 1. The number of carbonyl (C=O) groups excluding carboxylic acids is 7. The Bertz CT molecular complexity index is 2030. The molecule has 2 aromatic rings. The molecule has 4 amide bonds. The summed E-state index contributed by atoms with van der Waals surface area (Å²) in [4.78, 5) is 92.5. The smallest absolute Gasteiger partial charge is 0.408 e. The molecule has 0 aliphatic carbocycles. The number of rotatable bonds is 12. The van der Waals surface area contributed by atoms with Crippen molar-refractivity contribution < 1.29 is 66.0 Å². The number of esters is 3. The van der Waals surface area contributed by atoms with Crippen LogP contribution in [0.2, 0.25) is 0 Å². The molecular formula is C35H38N4O14S2. The first-order valence-electron chi connectivity index (χ1n) is 16.9. The molecule has 18 nitrogen and oxygen atoms in total. The zero-order chi connectivity index (χ0) is 40.0. The summed E-state index contributed by atoms with van der Waals surface area (Å²) in [5.74, 6) is -5.08. The molecule has 6 rings (SSSR count). The fraction of sp³-hybridized carbons (Fsp3) is 0.457. The van der Waals surface area contributed by atoms with Crippen LogP contribution in [0.15, 0.2) is 54.6 Å². The number of sulfone groups is 1. The highest BCUT2D eigenvalue weighted by Gasteiger charge is 2.71. The number of phenolic OH excluding ortho intramolecular Hbond substituents is 1. The second kappa shape index (κ2) is 14.7. The van der Waals surface area contributed by atoms with Crippen molar-refractivity contribution in [3.63, 3.8) is 0 Å². The predicted octanol–water partition coefficient (Wildman–Crippen LogP) is 0.628. The molecule has 4 aliphatic heterocycles. The molecule has 4 fully saturated rings. The average Bonchev–Trinajstić information content (AvgIpc) is 3.47. The third kappa shape index (κ3) is 7.15. The molecule has 7 atom stereocenters. The van der Waals surface area contributed by atoms with Gasteiger partial charge < -0.3 is 44.5 Å². The van der Waals surface area contributed by atoms with Gasteiger partial charge in [-0.3, -0.25) is 19.2 Å². The standard InChI is InChI=1S/C35H38N4O14S2/c1-18(40)51-16-35(4)27(38-22(42)14-23(38)55(35,48)49)32(46)53-17-52-31(45)26-34(2,3)54-30-25(29(44)39(26)30)36-28(43)24(20-10-12-21(41)13-11-20)37-33(47)50-15-19-8-6-5-7-9-19/h5-13,23-27,30,41H,14-17H2,1-4H3,(H,36,43)(H,37,47)/t23-,24?,25-,26+,27+,30-,35+/m1/s1. The van der Waals surface area contributed by atoms with Crippen molar-refractivity contribution in [1.29, 1.82) is 0 Å². The first-order chi connectivity index (χ1) is 25.9. The van der Waals surface area contributed by atoms with Crippen molar-refractivity contribution in [1.82, 2.24) is 20.4 Å². The number of fused-ring (bicyclic) bond motifs is 2. The number of carbonyl (C=O) groups is 7. The molecule has 294 valence electrons. The lowest BCUT2D eigenvalue weighted by Crippen LogP contribution is -2.71. The second-order valence-electron chi connectivity index (χ2n) is 14.0. The van der Waals surface area contributed by atoms with E-state index in [1.54, 1.807) is 44.2 Å². The molecule has 0 aromatic heterocycles. The maximum atomic E-state index is 13.6. The minimum atomic E-state index is -4.18. The van der Waals surface area contributed by atoms with E-state index in [0.29, 0.717) is 5.56 Å². The Labute approximate surface area is 319 Å². The summed E-state index contributed by atoms with van der Waals surface area (Å²) in [6.07, 6.45) is -1.27. The van der Waals surface area contributed by atoms with Crippen LogP contribution in [0.4, 0.5) is 4.79 Å². The Morgan fingerprint density at radius 2 is 1.55 bits per heavy atom. The van der Waals surface area contributed by atoms with Crippen molar-refractivity contribution in [3.05, 3.63) is 65.7 Å². The predicted molar refractivity (Wildman–Crippen MR) is 189 cm³/mol. The minimum absolute atomic E-state index is 0.0757. The largest absolute Gasteiger partial charge is 0.508 e. The average molecular weight is 803 g/mol. The highest BCUT2D eigenvalue weighted by atomic mass is 32.2. The molecule has 4 saturated heterocycles. The van der Waals surface area contributed by atoms with Crippen molar-refractivity contribution >= 4 is 63.3 Å². The maximum Gasteiger partial charge on any atom is 0.408 e. The number of nitrogens with one attached hydrogen (secondary N) is 2. The number of amides is 4. The molecular weight excluding hydrogens is 765 g/mol. The van der Waals surface area contributed by atoms with Crippen LogP contribution in [0.1, 0.15) is 51.3 Å². The number of hydrogen-bond donors (Lipinski definition) is 3. The lowest BCUT2D eigenvalue weighted by Gasteiger charge is -2.44. The Morgan fingerprint density at radius 3 is 2.16 bits per heavy atom.